The fourth-order valence-corrected chi connectivity index (χ4v) is 2.80. The first kappa shape index (κ1) is 14.8. The minimum absolute atomic E-state index is 0.0817. The second kappa shape index (κ2) is 6.26. The van der Waals surface area contributed by atoms with Crippen LogP contribution in [0.15, 0.2) is 0 Å². The van der Waals surface area contributed by atoms with Gasteiger partial charge < -0.3 is 15.7 Å². The van der Waals surface area contributed by atoms with Crippen molar-refractivity contribution in [3.05, 3.63) is 11.4 Å². The molecule has 2 rings (SSSR count). The minimum atomic E-state index is 0.0817. The van der Waals surface area contributed by atoms with Gasteiger partial charge in [0.15, 0.2) is 0 Å². The van der Waals surface area contributed by atoms with E-state index in [4.69, 9.17) is 10.8 Å². The summed E-state index contributed by atoms with van der Waals surface area (Å²) in [6.45, 7) is 5.72. The van der Waals surface area contributed by atoms with E-state index in [1.165, 1.54) is 0 Å². The molecule has 112 valence electrons. The molecule has 6 heteroatoms. The quantitative estimate of drug-likeness (QED) is 0.850. The third-order valence-corrected chi connectivity index (χ3v) is 4.13. The van der Waals surface area contributed by atoms with Crippen molar-refractivity contribution in [3.63, 3.8) is 0 Å². The number of anilines is 1. The molecule has 1 amide bonds. The molecule has 1 aliphatic heterocycles. The third-order valence-electron chi connectivity index (χ3n) is 4.13. The molecule has 0 spiro atoms. The number of piperidine rings is 1. The molecule has 0 saturated carbocycles. The van der Waals surface area contributed by atoms with Gasteiger partial charge in [0.1, 0.15) is 6.54 Å². The Morgan fingerprint density at radius 3 is 2.85 bits per heavy atom. The van der Waals surface area contributed by atoms with E-state index in [1.807, 2.05) is 18.7 Å². The molecule has 0 aliphatic carbocycles. The van der Waals surface area contributed by atoms with Crippen molar-refractivity contribution < 1.29 is 9.90 Å². The Hall–Kier alpha value is -1.56. The largest absolute Gasteiger partial charge is 0.396 e. The molecular weight excluding hydrogens is 256 g/mol. The van der Waals surface area contributed by atoms with Crippen LogP contribution in [0.4, 0.5) is 5.69 Å². The summed E-state index contributed by atoms with van der Waals surface area (Å²) in [5.74, 6) is 0.501. The van der Waals surface area contributed by atoms with E-state index in [1.54, 1.807) is 4.68 Å². The Balaban J connectivity index is 1.99. The molecule has 0 aromatic carbocycles. The number of aliphatic hydroxyl groups is 1. The number of nitrogens with two attached hydrogens (primary N) is 1. The summed E-state index contributed by atoms with van der Waals surface area (Å²) in [4.78, 5) is 14.2. The van der Waals surface area contributed by atoms with Gasteiger partial charge >= 0.3 is 0 Å². The normalized spacial score (nSPS) is 19.4. The maximum Gasteiger partial charge on any atom is 0.244 e. The molecule has 1 atom stereocenters. The Morgan fingerprint density at radius 1 is 1.50 bits per heavy atom. The molecule has 1 fully saturated rings. The zero-order valence-corrected chi connectivity index (χ0v) is 12.3. The van der Waals surface area contributed by atoms with Crippen LogP contribution in [0.2, 0.25) is 0 Å². The van der Waals surface area contributed by atoms with E-state index in [0.29, 0.717) is 11.6 Å². The number of aryl methyl sites for hydroxylation is 1. The first-order valence-corrected chi connectivity index (χ1v) is 7.21. The third kappa shape index (κ3) is 3.12. The Kier molecular flexibility index (Phi) is 4.65. The number of hydrogen-bond donors (Lipinski definition) is 2. The summed E-state index contributed by atoms with van der Waals surface area (Å²) in [5.41, 5.74) is 8.16. The number of likely N-dealkylation sites (tertiary alicyclic amines) is 1. The molecule has 6 nitrogen and oxygen atoms in total. The summed E-state index contributed by atoms with van der Waals surface area (Å²) in [6, 6.07) is 0. The molecule has 2 heterocycles. The van der Waals surface area contributed by atoms with Gasteiger partial charge in [-0.15, -0.1) is 0 Å². The molecule has 1 aromatic rings. The van der Waals surface area contributed by atoms with E-state index in [2.05, 4.69) is 5.10 Å². The summed E-state index contributed by atoms with van der Waals surface area (Å²) in [6.07, 6.45) is 2.88. The van der Waals surface area contributed by atoms with Crippen LogP contribution in [0.3, 0.4) is 0 Å². The molecule has 1 aromatic heterocycles. The lowest BCUT2D eigenvalue weighted by Gasteiger charge is -2.32. The predicted molar refractivity (Wildman–Crippen MR) is 77.1 cm³/mol. The zero-order chi connectivity index (χ0) is 14.7. The molecule has 1 saturated heterocycles. The highest BCUT2D eigenvalue weighted by molar-refractivity contribution is 5.76. The molecular formula is C14H24N4O2. The van der Waals surface area contributed by atoms with Gasteiger partial charge in [0.05, 0.1) is 17.1 Å². The van der Waals surface area contributed by atoms with Gasteiger partial charge in [-0.25, -0.2) is 0 Å². The Labute approximate surface area is 119 Å². The van der Waals surface area contributed by atoms with Crippen molar-refractivity contribution in [1.82, 2.24) is 14.7 Å². The van der Waals surface area contributed by atoms with Gasteiger partial charge in [-0.3, -0.25) is 9.48 Å². The van der Waals surface area contributed by atoms with Gasteiger partial charge in [-0.2, -0.15) is 5.10 Å². The van der Waals surface area contributed by atoms with E-state index in [9.17, 15) is 4.79 Å². The summed E-state index contributed by atoms with van der Waals surface area (Å²) in [5, 5.41) is 13.3. The lowest BCUT2D eigenvalue weighted by atomic mass is 9.95. The number of aromatic nitrogens is 2. The molecule has 0 bridgehead atoms. The van der Waals surface area contributed by atoms with Gasteiger partial charge in [-0.1, -0.05) is 0 Å². The highest BCUT2D eigenvalue weighted by Gasteiger charge is 2.24. The van der Waals surface area contributed by atoms with Crippen molar-refractivity contribution in [2.24, 2.45) is 5.92 Å². The number of nitrogens with zero attached hydrogens (tertiary/aromatic N) is 3. The standard InChI is InChI=1S/C14H24N4O2/c1-10-14(15)11(2)18(16-10)9-13(20)17-6-3-4-12(8-17)5-7-19/h12,19H,3-9,15H2,1-2H3. The number of hydrogen-bond acceptors (Lipinski definition) is 4. The van der Waals surface area contributed by atoms with Crippen molar-refractivity contribution in [2.45, 2.75) is 39.7 Å². The second-order valence-corrected chi connectivity index (χ2v) is 5.60. The predicted octanol–water partition coefficient (Wildman–Crippen LogP) is 0.703. The summed E-state index contributed by atoms with van der Waals surface area (Å²) in [7, 11) is 0. The monoisotopic (exact) mass is 280 g/mol. The summed E-state index contributed by atoms with van der Waals surface area (Å²) >= 11 is 0. The lowest BCUT2D eigenvalue weighted by Crippen LogP contribution is -2.42. The van der Waals surface area contributed by atoms with E-state index >= 15 is 0 Å². The molecule has 1 aliphatic rings. The Morgan fingerprint density at radius 2 is 2.25 bits per heavy atom. The zero-order valence-electron chi connectivity index (χ0n) is 12.3. The summed E-state index contributed by atoms with van der Waals surface area (Å²) < 4.78 is 1.68. The average Bonchev–Trinajstić information content (AvgIpc) is 2.67. The number of rotatable bonds is 4. The maximum absolute atomic E-state index is 12.4. The first-order chi connectivity index (χ1) is 9.52. The number of carbonyl (C=O) groups is 1. The lowest BCUT2D eigenvalue weighted by molar-refractivity contribution is -0.134. The number of carbonyl (C=O) groups excluding carboxylic acids is 1. The fourth-order valence-electron chi connectivity index (χ4n) is 2.80. The smallest absolute Gasteiger partial charge is 0.244 e. The molecule has 1 unspecified atom stereocenters. The second-order valence-electron chi connectivity index (χ2n) is 5.60. The van der Waals surface area contributed by atoms with Crippen LogP contribution >= 0.6 is 0 Å². The minimum Gasteiger partial charge on any atom is -0.396 e. The van der Waals surface area contributed by atoms with Crippen molar-refractivity contribution in [3.8, 4) is 0 Å². The van der Waals surface area contributed by atoms with E-state index < -0.39 is 0 Å². The SMILES string of the molecule is Cc1nn(CC(=O)N2CCCC(CCO)C2)c(C)c1N. The van der Waals surface area contributed by atoms with Crippen LogP contribution in [-0.4, -0.2) is 45.4 Å². The van der Waals surface area contributed by atoms with Gasteiger partial charge in [0.25, 0.3) is 0 Å². The van der Waals surface area contributed by atoms with Crippen molar-refractivity contribution in [1.29, 1.82) is 0 Å². The highest BCUT2D eigenvalue weighted by Crippen LogP contribution is 2.20. The van der Waals surface area contributed by atoms with Crippen LogP contribution in [0, 0.1) is 19.8 Å². The van der Waals surface area contributed by atoms with Crippen LogP contribution in [0.1, 0.15) is 30.7 Å². The van der Waals surface area contributed by atoms with Crippen LogP contribution < -0.4 is 5.73 Å². The average molecular weight is 280 g/mol. The molecule has 20 heavy (non-hydrogen) atoms. The number of aliphatic hydroxyl groups excluding tert-OH is 1. The highest BCUT2D eigenvalue weighted by atomic mass is 16.3. The van der Waals surface area contributed by atoms with Crippen LogP contribution in [-0.2, 0) is 11.3 Å². The molecule has 0 radical (unpaired) electrons. The number of amides is 1. The number of nitrogen functional groups attached to an aromatic ring is 1. The van der Waals surface area contributed by atoms with Crippen LogP contribution in [0.25, 0.3) is 0 Å². The van der Waals surface area contributed by atoms with Gasteiger partial charge in [-0.05, 0) is 39.0 Å². The maximum atomic E-state index is 12.4. The van der Waals surface area contributed by atoms with Crippen molar-refractivity contribution >= 4 is 11.6 Å². The first-order valence-electron chi connectivity index (χ1n) is 7.21. The Bertz CT molecular complexity index is 482. The van der Waals surface area contributed by atoms with Crippen LogP contribution in [0.5, 0.6) is 0 Å². The van der Waals surface area contributed by atoms with E-state index in [0.717, 1.165) is 43.7 Å². The topological polar surface area (TPSA) is 84.4 Å². The van der Waals surface area contributed by atoms with Gasteiger partial charge in [0, 0.05) is 19.7 Å². The van der Waals surface area contributed by atoms with Gasteiger partial charge in [0.2, 0.25) is 5.91 Å². The van der Waals surface area contributed by atoms with E-state index in [-0.39, 0.29) is 19.1 Å². The van der Waals surface area contributed by atoms with Crippen molar-refractivity contribution in [2.75, 3.05) is 25.4 Å². The fraction of sp³-hybridized carbons (Fsp3) is 0.714. The molecule has 3 N–H and O–H groups in total.